The molecule has 1 aromatic carbocycles. The van der Waals surface area contributed by atoms with Crippen LogP contribution < -0.4 is 4.74 Å². The van der Waals surface area contributed by atoms with Crippen molar-refractivity contribution in [2.24, 2.45) is 0 Å². The number of Topliss-reactive ketones (excluding diaryl/α,β-unsaturated/α-hetero) is 1. The molecule has 2 aromatic rings. The fraction of sp³-hybridized carbons (Fsp3) is 0.368. The van der Waals surface area contributed by atoms with Gasteiger partial charge in [-0.15, -0.1) is 0 Å². The number of carbonyl (C=O) groups excluding carboxylic acids is 2. The summed E-state index contributed by atoms with van der Waals surface area (Å²) in [5.41, 5.74) is 2.23. The van der Waals surface area contributed by atoms with Gasteiger partial charge >= 0.3 is 6.09 Å². The number of thioether (sulfide) groups is 1. The number of hydrogen-bond acceptors (Lipinski definition) is 6. The molecule has 0 unspecified atom stereocenters. The number of benzene rings is 1. The van der Waals surface area contributed by atoms with Gasteiger partial charge in [0.25, 0.3) is 0 Å². The molecule has 6 nitrogen and oxygen atoms in total. The third kappa shape index (κ3) is 5.29. The number of aryl methyl sites for hydroxylation is 1. The van der Waals surface area contributed by atoms with Crippen molar-refractivity contribution in [2.75, 3.05) is 19.8 Å². The largest absolute Gasteiger partial charge is 0.416 e. The fourth-order valence-corrected chi connectivity index (χ4v) is 3.02. The van der Waals surface area contributed by atoms with Crippen LogP contribution in [0, 0.1) is 6.92 Å². The summed E-state index contributed by atoms with van der Waals surface area (Å²) in [6.07, 6.45) is 1.11. The quantitative estimate of drug-likeness (QED) is 0.418. The molecule has 138 valence electrons. The summed E-state index contributed by atoms with van der Waals surface area (Å²) in [6, 6.07) is 9.09. The Morgan fingerprint density at radius 1 is 1.15 bits per heavy atom. The molecule has 1 amide bonds. The van der Waals surface area contributed by atoms with Crippen molar-refractivity contribution >= 4 is 23.6 Å². The Bertz CT molecular complexity index is 779. The molecule has 1 heterocycles. The summed E-state index contributed by atoms with van der Waals surface area (Å²) in [4.78, 5) is 34.4. The molecule has 0 spiro atoms. The first-order chi connectivity index (χ1) is 12.4. The van der Waals surface area contributed by atoms with Gasteiger partial charge in [0.2, 0.25) is 5.88 Å². The number of nitrogens with zero attached hydrogens (tertiary/aromatic N) is 3. The Morgan fingerprint density at radius 2 is 1.85 bits per heavy atom. The van der Waals surface area contributed by atoms with Crippen LogP contribution in [0.5, 0.6) is 5.88 Å². The van der Waals surface area contributed by atoms with Crippen LogP contribution in [-0.2, 0) is 6.42 Å². The molecule has 0 radical (unpaired) electrons. The molecule has 0 aliphatic carbocycles. The number of carbonyl (C=O) groups is 2. The van der Waals surface area contributed by atoms with Crippen LogP contribution in [0.3, 0.4) is 0 Å². The zero-order valence-electron chi connectivity index (χ0n) is 15.5. The highest BCUT2D eigenvalue weighted by Crippen LogP contribution is 2.25. The average molecular weight is 373 g/mol. The summed E-state index contributed by atoms with van der Waals surface area (Å²) in [5, 5.41) is 0.424. The lowest BCUT2D eigenvalue weighted by molar-refractivity contribution is 0.102. The maximum absolute atomic E-state index is 12.3. The van der Waals surface area contributed by atoms with Gasteiger partial charge < -0.3 is 9.64 Å². The maximum atomic E-state index is 12.3. The van der Waals surface area contributed by atoms with Gasteiger partial charge in [-0.2, -0.15) is 4.98 Å². The number of ketones is 1. The van der Waals surface area contributed by atoms with E-state index in [0.29, 0.717) is 10.7 Å². The van der Waals surface area contributed by atoms with E-state index in [4.69, 9.17) is 4.74 Å². The minimum atomic E-state index is -0.489. The predicted octanol–water partition coefficient (Wildman–Crippen LogP) is 3.77. The van der Waals surface area contributed by atoms with Gasteiger partial charge in [-0.1, -0.05) is 55.4 Å². The Labute approximate surface area is 158 Å². The van der Waals surface area contributed by atoms with Gasteiger partial charge in [-0.25, -0.2) is 9.78 Å². The summed E-state index contributed by atoms with van der Waals surface area (Å²) in [7, 11) is 3.23. The van der Waals surface area contributed by atoms with Crippen LogP contribution in [0.15, 0.2) is 35.5 Å². The molecule has 2 rings (SSSR count). The van der Waals surface area contributed by atoms with E-state index < -0.39 is 6.09 Å². The van der Waals surface area contributed by atoms with E-state index >= 15 is 0 Å². The molecule has 26 heavy (non-hydrogen) atoms. The molecular formula is C19H23N3O3S. The van der Waals surface area contributed by atoms with Gasteiger partial charge in [0.15, 0.2) is 10.9 Å². The number of hydrogen-bond donors (Lipinski definition) is 0. The Hall–Kier alpha value is -2.41. The monoisotopic (exact) mass is 373 g/mol. The van der Waals surface area contributed by atoms with E-state index in [-0.39, 0.29) is 17.4 Å². The van der Waals surface area contributed by atoms with Crippen molar-refractivity contribution in [1.29, 1.82) is 0 Å². The Morgan fingerprint density at radius 3 is 2.46 bits per heavy atom. The third-order valence-corrected chi connectivity index (χ3v) is 4.48. The van der Waals surface area contributed by atoms with Crippen molar-refractivity contribution in [1.82, 2.24) is 14.9 Å². The van der Waals surface area contributed by atoms with Gasteiger partial charge in [-0.05, 0) is 13.3 Å². The zero-order valence-corrected chi connectivity index (χ0v) is 16.3. The second-order valence-electron chi connectivity index (χ2n) is 5.97. The average Bonchev–Trinajstić information content (AvgIpc) is 2.63. The van der Waals surface area contributed by atoms with Crippen LogP contribution in [0.4, 0.5) is 4.79 Å². The van der Waals surface area contributed by atoms with Crippen molar-refractivity contribution in [3.8, 4) is 5.88 Å². The smallest absolute Gasteiger partial charge is 0.391 e. The molecule has 0 aliphatic heterocycles. The normalized spacial score (nSPS) is 10.5. The minimum Gasteiger partial charge on any atom is -0.391 e. The minimum absolute atomic E-state index is 0.00123. The summed E-state index contributed by atoms with van der Waals surface area (Å²) < 4.78 is 5.41. The second-order valence-corrected chi connectivity index (χ2v) is 6.91. The molecule has 0 aliphatic rings. The standard InChI is InChI=1S/C19H23N3O3S/c1-5-9-15-13(2)20-18(21-17(15)25-19(24)22(3)4)26-12-16(23)14-10-7-6-8-11-14/h6-8,10-11H,5,9,12H2,1-4H3. The first-order valence-electron chi connectivity index (χ1n) is 8.40. The highest BCUT2D eigenvalue weighted by atomic mass is 32.2. The lowest BCUT2D eigenvalue weighted by Crippen LogP contribution is -2.26. The SMILES string of the molecule is CCCc1c(C)nc(SCC(=O)c2ccccc2)nc1OC(=O)N(C)C. The zero-order chi connectivity index (χ0) is 19.1. The van der Waals surface area contributed by atoms with E-state index in [2.05, 4.69) is 9.97 Å². The van der Waals surface area contributed by atoms with Gasteiger partial charge in [-0.3, -0.25) is 4.79 Å². The molecule has 7 heteroatoms. The third-order valence-electron chi connectivity index (χ3n) is 3.63. The second kappa shape index (κ2) is 9.33. The van der Waals surface area contributed by atoms with E-state index in [1.165, 1.54) is 16.7 Å². The van der Waals surface area contributed by atoms with Crippen molar-refractivity contribution in [3.05, 3.63) is 47.2 Å². The van der Waals surface area contributed by atoms with E-state index in [1.54, 1.807) is 26.2 Å². The number of amides is 1. The van der Waals surface area contributed by atoms with Gasteiger partial charge in [0.05, 0.1) is 5.75 Å². The summed E-state index contributed by atoms with van der Waals surface area (Å²) >= 11 is 1.24. The molecule has 0 saturated carbocycles. The fourth-order valence-electron chi connectivity index (χ4n) is 2.24. The Kier molecular flexibility index (Phi) is 7.15. The van der Waals surface area contributed by atoms with E-state index in [9.17, 15) is 9.59 Å². The highest BCUT2D eigenvalue weighted by Gasteiger charge is 2.18. The van der Waals surface area contributed by atoms with Crippen LogP contribution in [0.2, 0.25) is 0 Å². The number of ether oxygens (including phenoxy) is 1. The van der Waals surface area contributed by atoms with Crippen molar-refractivity contribution < 1.29 is 14.3 Å². The molecule has 0 atom stereocenters. The number of aromatic nitrogens is 2. The van der Waals surface area contributed by atoms with Gasteiger partial charge in [0, 0.05) is 30.9 Å². The van der Waals surface area contributed by atoms with Crippen LogP contribution >= 0.6 is 11.8 Å². The molecule has 0 saturated heterocycles. The lowest BCUT2D eigenvalue weighted by Gasteiger charge is -2.15. The van der Waals surface area contributed by atoms with E-state index in [1.807, 2.05) is 32.0 Å². The first kappa shape index (κ1) is 19.9. The molecule has 0 N–H and O–H groups in total. The summed E-state index contributed by atoms with van der Waals surface area (Å²) in [6.45, 7) is 3.90. The number of rotatable bonds is 7. The van der Waals surface area contributed by atoms with Crippen LogP contribution in [0.1, 0.15) is 35.0 Å². The predicted molar refractivity (Wildman–Crippen MR) is 102 cm³/mol. The first-order valence-corrected chi connectivity index (χ1v) is 9.38. The lowest BCUT2D eigenvalue weighted by atomic mass is 10.1. The van der Waals surface area contributed by atoms with Gasteiger partial charge in [0.1, 0.15) is 0 Å². The topological polar surface area (TPSA) is 72.4 Å². The molecule has 0 bridgehead atoms. The molecular weight excluding hydrogens is 350 g/mol. The van der Waals surface area contributed by atoms with Crippen molar-refractivity contribution in [3.63, 3.8) is 0 Å². The van der Waals surface area contributed by atoms with Crippen LogP contribution in [-0.4, -0.2) is 46.6 Å². The molecule has 0 fully saturated rings. The highest BCUT2D eigenvalue weighted by molar-refractivity contribution is 7.99. The Balaban J connectivity index is 2.19. The van der Waals surface area contributed by atoms with E-state index in [0.717, 1.165) is 24.1 Å². The molecule has 1 aromatic heterocycles. The summed E-state index contributed by atoms with van der Waals surface area (Å²) in [5.74, 6) is 0.492. The van der Waals surface area contributed by atoms with Crippen molar-refractivity contribution in [2.45, 2.75) is 31.8 Å². The van der Waals surface area contributed by atoms with Crippen LogP contribution in [0.25, 0.3) is 0 Å². The maximum Gasteiger partial charge on any atom is 0.416 e.